The third kappa shape index (κ3) is 6.44. The van der Waals surface area contributed by atoms with Crippen LogP contribution in [-0.4, -0.2) is 18.0 Å². The maximum atomic E-state index is 11.9. The van der Waals surface area contributed by atoms with Crippen LogP contribution in [0.1, 0.15) is 52.4 Å². The molecule has 0 aromatic carbocycles. The number of nitrogens with one attached hydrogen (secondary N) is 1. The number of hydrogen-bond donors (Lipinski definition) is 2. The lowest BCUT2D eigenvalue weighted by Crippen LogP contribution is -2.47. The summed E-state index contributed by atoms with van der Waals surface area (Å²) >= 11 is 0. The van der Waals surface area contributed by atoms with E-state index in [4.69, 9.17) is 5.73 Å². The molecule has 1 saturated carbocycles. The van der Waals surface area contributed by atoms with Crippen molar-refractivity contribution >= 4 is 18.3 Å². The highest BCUT2D eigenvalue weighted by Crippen LogP contribution is 2.27. The van der Waals surface area contributed by atoms with Crippen LogP contribution in [0.15, 0.2) is 12.7 Å². The number of halogens is 1. The Labute approximate surface area is 123 Å². The molecule has 112 valence electrons. The average molecular weight is 289 g/mol. The molecule has 1 rings (SSSR count). The number of carbonyl (C=O) groups is 1. The van der Waals surface area contributed by atoms with Crippen molar-refractivity contribution in [2.24, 2.45) is 17.6 Å². The van der Waals surface area contributed by atoms with Gasteiger partial charge < -0.3 is 11.1 Å². The maximum absolute atomic E-state index is 11.9. The second-order valence-corrected chi connectivity index (χ2v) is 5.86. The molecule has 0 heterocycles. The summed E-state index contributed by atoms with van der Waals surface area (Å²) < 4.78 is 0. The number of amides is 1. The van der Waals surface area contributed by atoms with Gasteiger partial charge in [-0.15, -0.1) is 19.0 Å². The minimum atomic E-state index is -0.418. The first-order valence-corrected chi connectivity index (χ1v) is 7.23. The highest BCUT2D eigenvalue weighted by molar-refractivity contribution is 5.85. The largest absolute Gasteiger partial charge is 0.349 e. The lowest BCUT2D eigenvalue weighted by atomic mass is 9.84. The minimum Gasteiger partial charge on any atom is -0.349 e. The van der Waals surface area contributed by atoms with Crippen LogP contribution in [0.2, 0.25) is 0 Å². The predicted octanol–water partition coefficient (Wildman–Crippen LogP) is 3.03. The molecular formula is C15H29ClN2O. The van der Waals surface area contributed by atoms with Crippen molar-refractivity contribution in [3.8, 4) is 0 Å². The molecule has 1 amide bonds. The summed E-state index contributed by atoms with van der Waals surface area (Å²) in [5.74, 6) is 0.855. The predicted molar refractivity (Wildman–Crippen MR) is 83.4 cm³/mol. The van der Waals surface area contributed by atoms with Crippen molar-refractivity contribution in [3.63, 3.8) is 0 Å². The molecule has 0 spiro atoms. The normalized spacial score (nSPS) is 19.4. The fourth-order valence-corrected chi connectivity index (χ4v) is 2.58. The quantitative estimate of drug-likeness (QED) is 0.738. The van der Waals surface area contributed by atoms with Crippen molar-refractivity contribution in [3.05, 3.63) is 12.7 Å². The average Bonchev–Trinajstić information content (AvgIpc) is 2.37. The molecule has 19 heavy (non-hydrogen) atoms. The lowest BCUT2D eigenvalue weighted by molar-refractivity contribution is -0.123. The zero-order chi connectivity index (χ0) is 13.5. The highest BCUT2D eigenvalue weighted by Gasteiger charge is 2.22. The SMILES string of the molecule is C=C[C@H](CC1CCCCC1)NC(=O)[C@@H](N)C(C)C.Cl. The van der Waals surface area contributed by atoms with Gasteiger partial charge in [-0.05, 0) is 18.3 Å². The van der Waals surface area contributed by atoms with Gasteiger partial charge in [0.2, 0.25) is 5.91 Å². The molecule has 3 N–H and O–H groups in total. The van der Waals surface area contributed by atoms with E-state index in [1.165, 1.54) is 32.1 Å². The van der Waals surface area contributed by atoms with E-state index in [0.717, 1.165) is 12.3 Å². The van der Waals surface area contributed by atoms with Crippen LogP contribution >= 0.6 is 12.4 Å². The van der Waals surface area contributed by atoms with Crippen molar-refractivity contribution in [2.45, 2.75) is 64.5 Å². The van der Waals surface area contributed by atoms with Crippen molar-refractivity contribution in [2.75, 3.05) is 0 Å². The second-order valence-electron chi connectivity index (χ2n) is 5.86. The van der Waals surface area contributed by atoms with Crippen molar-refractivity contribution < 1.29 is 4.79 Å². The Morgan fingerprint density at radius 1 is 1.37 bits per heavy atom. The molecule has 4 heteroatoms. The number of rotatable bonds is 6. The van der Waals surface area contributed by atoms with E-state index in [9.17, 15) is 4.79 Å². The molecule has 0 aliphatic heterocycles. The molecular weight excluding hydrogens is 260 g/mol. The Morgan fingerprint density at radius 3 is 2.42 bits per heavy atom. The van der Waals surface area contributed by atoms with E-state index >= 15 is 0 Å². The molecule has 0 unspecified atom stereocenters. The van der Waals surface area contributed by atoms with Gasteiger partial charge in [-0.2, -0.15) is 0 Å². The van der Waals surface area contributed by atoms with Gasteiger partial charge in [0, 0.05) is 6.04 Å². The van der Waals surface area contributed by atoms with Crippen LogP contribution in [0.5, 0.6) is 0 Å². The van der Waals surface area contributed by atoms with E-state index in [2.05, 4.69) is 11.9 Å². The molecule has 0 saturated heterocycles. The summed E-state index contributed by atoms with van der Waals surface area (Å²) in [6, 6.07) is -0.343. The first-order valence-electron chi connectivity index (χ1n) is 7.23. The van der Waals surface area contributed by atoms with Crippen LogP contribution in [0.3, 0.4) is 0 Å². The van der Waals surface area contributed by atoms with Crippen LogP contribution in [0.25, 0.3) is 0 Å². The van der Waals surface area contributed by atoms with Gasteiger partial charge in [-0.25, -0.2) is 0 Å². The van der Waals surface area contributed by atoms with Gasteiger partial charge in [0.05, 0.1) is 6.04 Å². The summed E-state index contributed by atoms with van der Waals surface area (Å²) in [6.07, 6.45) is 9.45. The first-order chi connectivity index (χ1) is 8.54. The Morgan fingerprint density at radius 2 is 1.95 bits per heavy atom. The molecule has 1 aliphatic rings. The van der Waals surface area contributed by atoms with E-state index < -0.39 is 6.04 Å². The molecule has 0 radical (unpaired) electrons. The van der Waals surface area contributed by atoms with Gasteiger partial charge in [-0.1, -0.05) is 52.0 Å². The fourth-order valence-electron chi connectivity index (χ4n) is 2.58. The second kappa shape index (κ2) is 9.38. The minimum absolute atomic E-state index is 0. The molecule has 3 nitrogen and oxygen atoms in total. The zero-order valence-corrected chi connectivity index (χ0v) is 13.0. The summed E-state index contributed by atoms with van der Waals surface area (Å²) in [4.78, 5) is 11.9. The van der Waals surface area contributed by atoms with E-state index in [1.54, 1.807) is 0 Å². The van der Waals surface area contributed by atoms with Crippen LogP contribution < -0.4 is 11.1 Å². The molecule has 1 aliphatic carbocycles. The first kappa shape index (κ1) is 18.5. The Hall–Kier alpha value is -0.540. The Kier molecular flexibility index (Phi) is 9.11. The summed E-state index contributed by atoms with van der Waals surface area (Å²) in [5, 5.41) is 3.01. The molecule has 0 aromatic heterocycles. The lowest BCUT2D eigenvalue weighted by Gasteiger charge is -2.26. The third-order valence-corrected chi connectivity index (χ3v) is 3.95. The standard InChI is InChI=1S/C15H28N2O.ClH/c1-4-13(10-12-8-6-5-7-9-12)17-15(18)14(16)11(2)3;/h4,11-14H,1,5-10,16H2,2-3H3,(H,17,18);1H/t13-,14+;/m1./s1. The number of nitrogens with two attached hydrogens (primary N) is 1. The van der Waals surface area contributed by atoms with Gasteiger partial charge in [-0.3, -0.25) is 4.79 Å². The van der Waals surface area contributed by atoms with E-state index in [1.807, 2.05) is 19.9 Å². The molecule has 0 bridgehead atoms. The van der Waals surface area contributed by atoms with Gasteiger partial charge in [0.15, 0.2) is 0 Å². The fraction of sp³-hybridized carbons (Fsp3) is 0.800. The van der Waals surface area contributed by atoms with Crippen LogP contribution in [-0.2, 0) is 4.79 Å². The highest BCUT2D eigenvalue weighted by atomic mass is 35.5. The summed E-state index contributed by atoms with van der Waals surface area (Å²) in [6.45, 7) is 7.76. The van der Waals surface area contributed by atoms with Gasteiger partial charge in [0.1, 0.15) is 0 Å². The molecule has 0 aromatic rings. The topological polar surface area (TPSA) is 55.1 Å². The van der Waals surface area contributed by atoms with Gasteiger partial charge in [0.25, 0.3) is 0 Å². The van der Waals surface area contributed by atoms with E-state index in [-0.39, 0.29) is 30.3 Å². The number of hydrogen-bond acceptors (Lipinski definition) is 2. The third-order valence-electron chi connectivity index (χ3n) is 3.95. The zero-order valence-electron chi connectivity index (χ0n) is 12.2. The van der Waals surface area contributed by atoms with Crippen LogP contribution in [0.4, 0.5) is 0 Å². The molecule has 2 atom stereocenters. The molecule has 1 fully saturated rings. The Balaban J connectivity index is 0.00000324. The summed E-state index contributed by atoms with van der Waals surface area (Å²) in [5.41, 5.74) is 5.85. The van der Waals surface area contributed by atoms with Crippen molar-refractivity contribution in [1.82, 2.24) is 5.32 Å². The van der Waals surface area contributed by atoms with Gasteiger partial charge >= 0.3 is 0 Å². The smallest absolute Gasteiger partial charge is 0.237 e. The monoisotopic (exact) mass is 288 g/mol. The van der Waals surface area contributed by atoms with Crippen LogP contribution in [0, 0.1) is 11.8 Å². The maximum Gasteiger partial charge on any atom is 0.237 e. The van der Waals surface area contributed by atoms with Crippen molar-refractivity contribution in [1.29, 1.82) is 0 Å². The number of carbonyl (C=O) groups excluding carboxylic acids is 1. The summed E-state index contributed by atoms with van der Waals surface area (Å²) in [7, 11) is 0. The van der Waals surface area contributed by atoms with E-state index in [0.29, 0.717) is 0 Å². The Bertz CT molecular complexity index is 275.